The Bertz CT molecular complexity index is 45.3. The van der Waals surface area contributed by atoms with E-state index < -0.39 is 0 Å². The molecule has 0 aliphatic rings. The molecule has 2 nitrogen and oxygen atoms in total. The monoisotopic (exact) mass is 70.0 g/mol. The largest absolute Gasteiger partial charge is 0.787 e. The van der Waals surface area contributed by atoms with Crippen LogP contribution in [-0.2, 0) is 0 Å². The van der Waals surface area contributed by atoms with Gasteiger partial charge in [-0.05, 0) is 0 Å². The second-order valence-electron chi connectivity index (χ2n) is 0.525. The molecule has 0 rings (SSSR count). The second kappa shape index (κ2) is 3.48. The summed E-state index contributed by atoms with van der Waals surface area (Å²) in [4.78, 5) is 0. The van der Waals surface area contributed by atoms with Crippen molar-refractivity contribution in [2.75, 3.05) is 6.54 Å². The lowest BCUT2D eigenvalue weighted by Gasteiger charge is -1.96. The summed E-state index contributed by atoms with van der Waals surface area (Å²) >= 11 is 0. The molecule has 2 heteroatoms. The van der Waals surface area contributed by atoms with Crippen LogP contribution in [0.1, 0.15) is 0 Å². The molecule has 0 saturated heterocycles. The Morgan fingerprint density at radius 1 is 2.00 bits per heavy atom. The third-order valence-electron chi connectivity index (χ3n) is 0.174. The highest BCUT2D eigenvalue weighted by molar-refractivity contribution is 4.86. The first-order valence-electron chi connectivity index (χ1n) is 1.20. The van der Waals surface area contributed by atoms with E-state index in [-0.39, 0.29) is 6.54 Å². The number of hydrogen-bond acceptors (Lipinski definition) is 2. The van der Waals surface area contributed by atoms with E-state index in [0.29, 0.717) is 0 Å². The van der Waals surface area contributed by atoms with E-state index >= 15 is 0 Å². The van der Waals surface area contributed by atoms with Gasteiger partial charge in [-0.15, -0.1) is 6.42 Å². The van der Waals surface area contributed by atoms with Crippen molar-refractivity contribution in [1.29, 1.82) is 0 Å². The fraction of sp³-hybridized carbons (Fsp3) is 0.333. The van der Waals surface area contributed by atoms with Gasteiger partial charge in [-0.2, -0.15) is 0 Å². The Morgan fingerprint density at radius 3 is 2.60 bits per heavy atom. The third kappa shape index (κ3) is 3.48. The van der Waals surface area contributed by atoms with Gasteiger partial charge < -0.3 is 10.7 Å². The van der Waals surface area contributed by atoms with Crippen LogP contribution in [0, 0.1) is 17.6 Å². The van der Waals surface area contributed by atoms with Gasteiger partial charge in [0.15, 0.2) is 0 Å². The topological polar surface area (TPSA) is 35.1 Å². The molecule has 0 atom stereocenters. The number of hydroxylamine groups is 1. The van der Waals surface area contributed by atoms with Crippen LogP contribution < -0.4 is 5.48 Å². The summed E-state index contributed by atoms with van der Waals surface area (Å²) in [5.41, 5.74) is 1.53. The highest BCUT2D eigenvalue weighted by Crippen LogP contribution is 1.40. The average molecular weight is 70.1 g/mol. The van der Waals surface area contributed by atoms with Crippen LogP contribution >= 0.6 is 0 Å². The molecule has 0 saturated carbocycles. The Labute approximate surface area is 30.8 Å². The molecule has 0 aliphatic heterocycles. The van der Waals surface area contributed by atoms with Crippen molar-refractivity contribution in [3.05, 3.63) is 5.21 Å². The van der Waals surface area contributed by atoms with E-state index in [2.05, 4.69) is 12.3 Å². The first-order chi connectivity index (χ1) is 2.41. The summed E-state index contributed by atoms with van der Waals surface area (Å²) in [5.74, 6) is 2.09. The second-order valence-corrected chi connectivity index (χ2v) is 0.525. The summed E-state index contributed by atoms with van der Waals surface area (Å²) in [6.07, 6.45) is 4.63. The Hall–Kier alpha value is -0.520. The average Bonchev–Trinajstić information content (AvgIpc) is 1.41. The van der Waals surface area contributed by atoms with Gasteiger partial charge in [0.2, 0.25) is 0 Å². The van der Waals surface area contributed by atoms with Gasteiger partial charge in [-0.1, -0.05) is 5.92 Å². The van der Waals surface area contributed by atoms with Crippen LogP contribution in [0.5, 0.6) is 0 Å². The molecule has 0 unspecified atom stereocenters. The molecule has 0 amide bonds. The minimum Gasteiger partial charge on any atom is -0.787 e. The van der Waals surface area contributed by atoms with Gasteiger partial charge in [0.1, 0.15) is 0 Å². The summed E-state index contributed by atoms with van der Waals surface area (Å²) in [6, 6.07) is 0. The third-order valence-corrected chi connectivity index (χ3v) is 0.174. The van der Waals surface area contributed by atoms with E-state index in [1.54, 1.807) is 0 Å². The van der Waals surface area contributed by atoms with Gasteiger partial charge in [0, 0.05) is 6.54 Å². The molecule has 0 spiro atoms. The van der Waals surface area contributed by atoms with E-state index in [4.69, 9.17) is 5.21 Å². The number of nitrogens with one attached hydrogen (secondary N) is 1. The molecule has 0 aromatic carbocycles. The Kier molecular flexibility index (Phi) is 3.12. The zero-order valence-corrected chi connectivity index (χ0v) is 2.69. The molecule has 0 bridgehead atoms. The maximum absolute atomic E-state index is 9.14. The van der Waals surface area contributed by atoms with E-state index in [0.717, 1.165) is 0 Å². The normalized spacial score (nSPS) is 6.40. The molecule has 0 aliphatic carbocycles. The fourth-order valence-electron chi connectivity index (χ4n) is 0.0417. The smallest absolute Gasteiger partial charge is 0.0460 e. The van der Waals surface area contributed by atoms with E-state index in [1.165, 1.54) is 5.48 Å². The van der Waals surface area contributed by atoms with Crippen LogP contribution in [0.2, 0.25) is 0 Å². The van der Waals surface area contributed by atoms with Crippen molar-refractivity contribution in [1.82, 2.24) is 5.48 Å². The number of rotatable bonds is 1. The van der Waals surface area contributed by atoms with Crippen LogP contribution in [0.3, 0.4) is 0 Å². The van der Waals surface area contributed by atoms with Crippen molar-refractivity contribution < 1.29 is 0 Å². The van der Waals surface area contributed by atoms with Crippen LogP contribution in [0.15, 0.2) is 0 Å². The number of hydrogen-bond donors (Lipinski definition) is 1. The predicted octanol–water partition coefficient (Wildman–Crippen LogP) is -0.293. The maximum atomic E-state index is 9.14. The molecule has 1 N–H and O–H groups in total. The van der Waals surface area contributed by atoms with Crippen molar-refractivity contribution in [3.63, 3.8) is 0 Å². The lowest BCUT2D eigenvalue weighted by molar-refractivity contribution is 1.02. The molecule has 0 heterocycles. The van der Waals surface area contributed by atoms with Crippen molar-refractivity contribution in [2.45, 2.75) is 0 Å². The summed E-state index contributed by atoms with van der Waals surface area (Å²) in [7, 11) is 0. The molecular formula is C3H4NO-. The Balaban J connectivity index is 2.48. The molecule has 0 radical (unpaired) electrons. The standard InChI is InChI=1S/C3H4NO/c1-2-3-4-5/h1,4H,3H2/q-1. The number of terminal acetylenes is 1. The predicted molar refractivity (Wildman–Crippen MR) is 20.2 cm³/mol. The zero-order chi connectivity index (χ0) is 4.12. The molecule has 0 aromatic rings. The first kappa shape index (κ1) is 4.48. The van der Waals surface area contributed by atoms with Crippen molar-refractivity contribution in [3.8, 4) is 12.3 Å². The molecule has 28 valence electrons. The maximum Gasteiger partial charge on any atom is 0.0460 e. The minimum absolute atomic E-state index is 0.111. The first-order valence-corrected chi connectivity index (χ1v) is 1.20. The Morgan fingerprint density at radius 2 is 2.60 bits per heavy atom. The van der Waals surface area contributed by atoms with Crippen LogP contribution in [-0.4, -0.2) is 6.54 Å². The van der Waals surface area contributed by atoms with Gasteiger partial charge in [-0.3, -0.25) is 0 Å². The van der Waals surface area contributed by atoms with Crippen LogP contribution in [0.4, 0.5) is 0 Å². The minimum atomic E-state index is 0.111. The molecular weight excluding hydrogens is 66.0 g/mol. The van der Waals surface area contributed by atoms with Gasteiger partial charge in [-0.25, -0.2) is 0 Å². The summed E-state index contributed by atoms with van der Waals surface area (Å²) in [6.45, 7) is 0.111. The lowest BCUT2D eigenvalue weighted by Crippen LogP contribution is -2.00. The van der Waals surface area contributed by atoms with Crippen molar-refractivity contribution >= 4 is 0 Å². The highest BCUT2D eigenvalue weighted by Gasteiger charge is 1.48. The van der Waals surface area contributed by atoms with E-state index in [9.17, 15) is 0 Å². The molecule has 0 fully saturated rings. The van der Waals surface area contributed by atoms with E-state index in [1.807, 2.05) is 0 Å². The van der Waals surface area contributed by atoms with Gasteiger partial charge in [0.05, 0.1) is 0 Å². The summed E-state index contributed by atoms with van der Waals surface area (Å²) in [5, 5.41) is 9.14. The molecule has 0 aromatic heterocycles. The quantitative estimate of drug-likeness (QED) is 0.340. The summed E-state index contributed by atoms with van der Waals surface area (Å²) < 4.78 is 0. The fourth-order valence-corrected chi connectivity index (χ4v) is 0.0417. The SMILES string of the molecule is C#CCN[O-]. The van der Waals surface area contributed by atoms with Crippen molar-refractivity contribution in [2.24, 2.45) is 0 Å². The van der Waals surface area contributed by atoms with Gasteiger partial charge in [0.25, 0.3) is 0 Å². The highest BCUT2D eigenvalue weighted by atomic mass is 16.5. The van der Waals surface area contributed by atoms with Gasteiger partial charge >= 0.3 is 0 Å². The zero-order valence-electron chi connectivity index (χ0n) is 2.69. The molecule has 5 heavy (non-hydrogen) atoms. The lowest BCUT2D eigenvalue weighted by atomic mass is 10.7. The van der Waals surface area contributed by atoms with Crippen LogP contribution in [0.25, 0.3) is 0 Å².